The van der Waals surface area contributed by atoms with Crippen LogP contribution in [-0.4, -0.2) is 23.7 Å². The average molecular weight is 634 g/mol. The first-order chi connectivity index (χ1) is 13.5. The van der Waals surface area contributed by atoms with E-state index in [9.17, 15) is 4.79 Å². The van der Waals surface area contributed by atoms with Crippen LogP contribution in [0.1, 0.15) is 110 Å². The Labute approximate surface area is 204 Å². The third kappa shape index (κ3) is 23.2. The van der Waals surface area contributed by atoms with Gasteiger partial charge in [-0.25, -0.2) is 4.79 Å². The third-order valence-corrected chi connectivity index (χ3v) is 10.2. The summed E-state index contributed by atoms with van der Waals surface area (Å²) in [6.45, 7) is 5.83. The van der Waals surface area contributed by atoms with Crippen molar-refractivity contribution in [3.8, 4) is 0 Å². The fourth-order valence-electron chi connectivity index (χ4n) is 3.34. The highest BCUT2D eigenvalue weighted by Gasteiger charge is 2.02. The predicted octanol–water partition coefficient (Wildman–Crippen LogP) is 8.09. The highest BCUT2D eigenvalue weighted by atomic mass is 127. The van der Waals surface area contributed by atoms with Gasteiger partial charge in [0.1, 0.15) is 0 Å². The number of halogens is 2. The maximum absolute atomic E-state index is 11.2. The Balaban J connectivity index is 3.07. The molecule has 0 aromatic rings. The Morgan fingerprint density at radius 1 is 0.750 bits per heavy atom. The number of ether oxygens (including phenoxy) is 1. The molecule has 28 heavy (non-hydrogen) atoms. The minimum absolute atomic E-state index is 0.228. The molecule has 0 bridgehead atoms. The Morgan fingerprint density at radius 2 is 1.11 bits per heavy atom. The lowest BCUT2D eigenvalue weighted by atomic mass is 10.0. The molecule has 0 aliphatic heterocycles. The maximum Gasteiger partial charge on any atom is 0.333 e. The number of unbranched alkanes of at least 4 members (excludes halogenated alkanes) is 15. The summed E-state index contributed by atoms with van der Waals surface area (Å²) >= 11 is 5.17. The summed E-state index contributed by atoms with van der Waals surface area (Å²) in [5.41, 5.74) is 0.494. The topological polar surface area (TPSA) is 26.3 Å². The fraction of sp³-hybridized carbons (Fsp3) is 0.870. The molecule has 0 radical (unpaired) electrons. The standard InChI is InChI=1S/C23H44I2O2Si/c1-21(2)22(26)27-19-17-15-13-11-9-7-5-3-4-6-8-10-12-14-16-18-20-28-23(24)25/h23H,1,3-20,28H2,2H3. The van der Waals surface area contributed by atoms with Crippen molar-refractivity contribution in [2.45, 2.75) is 117 Å². The largest absolute Gasteiger partial charge is 0.462 e. The van der Waals surface area contributed by atoms with Gasteiger partial charge in [0.05, 0.1) is 6.61 Å². The molecule has 0 fully saturated rings. The second-order valence-corrected chi connectivity index (χ2v) is 18.9. The van der Waals surface area contributed by atoms with Gasteiger partial charge in [0.2, 0.25) is 0 Å². The van der Waals surface area contributed by atoms with Crippen molar-refractivity contribution in [1.82, 2.24) is 0 Å². The summed E-state index contributed by atoms with van der Waals surface area (Å²) in [4.78, 5) is 11.2. The van der Waals surface area contributed by atoms with Crippen LogP contribution in [0.4, 0.5) is 0 Å². The van der Waals surface area contributed by atoms with Gasteiger partial charge in [-0.2, -0.15) is 0 Å². The van der Waals surface area contributed by atoms with E-state index in [1.807, 2.05) is 0 Å². The van der Waals surface area contributed by atoms with E-state index in [4.69, 9.17) is 4.74 Å². The SMILES string of the molecule is C=C(C)C(=O)OCCCCCCCCCCCCCCCCCC[SiH2]C(I)I. The zero-order valence-electron chi connectivity index (χ0n) is 18.3. The zero-order chi connectivity index (χ0) is 20.9. The number of carbonyl (C=O) groups excluding carboxylic acids is 1. The highest BCUT2D eigenvalue weighted by molar-refractivity contribution is 14.2. The number of hydrogen-bond donors (Lipinski definition) is 0. The molecule has 0 spiro atoms. The van der Waals surface area contributed by atoms with Crippen molar-refractivity contribution in [2.75, 3.05) is 6.61 Å². The van der Waals surface area contributed by atoms with Crippen LogP contribution in [0.5, 0.6) is 0 Å². The van der Waals surface area contributed by atoms with E-state index >= 15 is 0 Å². The van der Waals surface area contributed by atoms with Gasteiger partial charge in [-0.05, 0) is 13.3 Å². The molecule has 5 heteroatoms. The van der Waals surface area contributed by atoms with Crippen LogP contribution in [-0.2, 0) is 9.53 Å². The van der Waals surface area contributed by atoms with E-state index in [-0.39, 0.29) is 15.5 Å². The molecule has 0 aliphatic carbocycles. The van der Waals surface area contributed by atoms with Crippen molar-refractivity contribution in [1.29, 1.82) is 0 Å². The summed E-state index contributed by atoms with van der Waals surface area (Å²) < 4.78 is 6.06. The first-order valence-corrected chi connectivity index (χ1v) is 16.0. The maximum atomic E-state index is 11.2. The summed E-state index contributed by atoms with van der Waals surface area (Å²) in [5, 5.41) is 0. The van der Waals surface area contributed by atoms with Gasteiger partial charge in [-0.3, -0.25) is 0 Å². The van der Waals surface area contributed by atoms with Gasteiger partial charge in [0.15, 0.2) is 0 Å². The molecular weight excluding hydrogens is 590 g/mol. The molecule has 0 heterocycles. The third-order valence-electron chi connectivity index (χ3n) is 5.15. The van der Waals surface area contributed by atoms with Crippen molar-refractivity contribution in [3.05, 3.63) is 12.2 Å². The Hall–Kier alpha value is 0.887. The molecule has 0 N–H and O–H groups in total. The smallest absolute Gasteiger partial charge is 0.333 e. The number of esters is 1. The zero-order valence-corrected chi connectivity index (χ0v) is 24.0. The minimum atomic E-state index is -0.252. The monoisotopic (exact) mass is 634 g/mol. The minimum Gasteiger partial charge on any atom is -0.462 e. The van der Waals surface area contributed by atoms with Gasteiger partial charge < -0.3 is 4.74 Å². The molecule has 0 aliphatic rings. The lowest BCUT2D eigenvalue weighted by Gasteiger charge is -2.05. The molecule has 0 amide bonds. The summed E-state index contributed by atoms with van der Waals surface area (Å²) in [5.74, 6) is -0.252. The number of carbonyl (C=O) groups is 1. The number of rotatable bonds is 21. The molecule has 166 valence electrons. The molecule has 0 aromatic carbocycles. The Kier molecular flexibility index (Phi) is 23.3. The van der Waals surface area contributed by atoms with Crippen LogP contribution in [0.25, 0.3) is 0 Å². The molecule has 0 rings (SSSR count). The van der Waals surface area contributed by atoms with Gasteiger partial charge in [-0.1, -0.05) is 154 Å². The van der Waals surface area contributed by atoms with E-state index in [1.165, 1.54) is 96.3 Å². The predicted molar refractivity (Wildman–Crippen MR) is 145 cm³/mol. The molecule has 0 unspecified atom stereocenters. The van der Waals surface area contributed by atoms with E-state index in [0.29, 0.717) is 12.2 Å². The quantitative estimate of drug-likeness (QED) is 0.0319. The van der Waals surface area contributed by atoms with E-state index in [0.717, 1.165) is 7.98 Å². The van der Waals surface area contributed by atoms with Crippen LogP contribution >= 0.6 is 45.2 Å². The highest BCUT2D eigenvalue weighted by Crippen LogP contribution is 2.15. The molecule has 0 saturated heterocycles. The fourth-order valence-corrected chi connectivity index (χ4v) is 6.93. The van der Waals surface area contributed by atoms with Crippen LogP contribution in [0.15, 0.2) is 12.2 Å². The molecule has 0 atom stereocenters. The lowest BCUT2D eigenvalue weighted by Crippen LogP contribution is -2.05. The van der Waals surface area contributed by atoms with Gasteiger partial charge >= 0.3 is 5.97 Å². The molecule has 0 saturated carbocycles. The van der Waals surface area contributed by atoms with Crippen LogP contribution in [0, 0.1) is 0 Å². The first kappa shape index (κ1) is 28.9. The van der Waals surface area contributed by atoms with E-state index < -0.39 is 0 Å². The molecule has 0 aromatic heterocycles. The van der Waals surface area contributed by atoms with Gasteiger partial charge in [0.25, 0.3) is 0 Å². The van der Waals surface area contributed by atoms with Crippen LogP contribution in [0.3, 0.4) is 0 Å². The Bertz CT molecular complexity index is 376. The van der Waals surface area contributed by atoms with Crippen molar-refractivity contribution >= 4 is 60.7 Å². The summed E-state index contributed by atoms with van der Waals surface area (Å²) in [6, 6.07) is 1.56. The van der Waals surface area contributed by atoms with E-state index in [2.05, 4.69) is 51.8 Å². The van der Waals surface area contributed by atoms with Crippen molar-refractivity contribution in [3.63, 3.8) is 0 Å². The van der Waals surface area contributed by atoms with Crippen molar-refractivity contribution < 1.29 is 9.53 Å². The van der Waals surface area contributed by atoms with Gasteiger partial charge in [0, 0.05) is 16.6 Å². The van der Waals surface area contributed by atoms with Crippen LogP contribution in [0.2, 0.25) is 6.04 Å². The number of hydrogen-bond acceptors (Lipinski definition) is 2. The molecular formula is C23H44I2O2Si. The summed E-state index contributed by atoms with van der Waals surface area (Å²) in [6.07, 6.45) is 22.0. The second-order valence-electron chi connectivity index (χ2n) is 8.11. The van der Waals surface area contributed by atoms with Crippen molar-refractivity contribution in [2.24, 2.45) is 0 Å². The van der Waals surface area contributed by atoms with E-state index in [1.54, 1.807) is 13.0 Å². The van der Waals surface area contributed by atoms with Gasteiger partial charge in [-0.15, -0.1) is 0 Å². The normalized spacial score (nSPS) is 11.6. The second kappa shape index (κ2) is 22.6. The Morgan fingerprint density at radius 3 is 1.46 bits per heavy atom. The molecule has 2 nitrogen and oxygen atoms in total. The summed E-state index contributed by atoms with van der Waals surface area (Å²) in [7, 11) is 0.228. The first-order valence-electron chi connectivity index (χ1n) is 11.6. The lowest BCUT2D eigenvalue weighted by molar-refractivity contribution is -0.139. The average Bonchev–Trinajstić information content (AvgIpc) is 2.65. The number of alkyl halides is 2. The van der Waals surface area contributed by atoms with Crippen LogP contribution < -0.4 is 0 Å².